The van der Waals surface area contributed by atoms with Crippen molar-refractivity contribution in [2.75, 3.05) is 12.3 Å². The maximum atomic E-state index is 10.8. The van der Waals surface area contributed by atoms with Gasteiger partial charge in [0, 0.05) is 25.1 Å². The summed E-state index contributed by atoms with van der Waals surface area (Å²) in [4.78, 5) is 0. The zero-order chi connectivity index (χ0) is 14.1. The molecule has 1 heterocycles. The number of benzene rings is 1. The van der Waals surface area contributed by atoms with Crippen molar-refractivity contribution in [2.24, 2.45) is 5.14 Å². The predicted molar refractivity (Wildman–Crippen MR) is 74.5 cm³/mol. The van der Waals surface area contributed by atoms with Crippen LogP contribution in [0.2, 0.25) is 0 Å². The standard InChI is InChI=1S/C13H20N2O3S/c1-13(2)8-10-4-3-5-11(12(10)18-13)9-15-6-7-19(14,16)17/h3-5,15H,6-9H2,1-2H3,(H2,14,16,17). The number of primary sulfonamides is 1. The summed E-state index contributed by atoms with van der Waals surface area (Å²) in [6.45, 7) is 5.04. The molecular weight excluding hydrogens is 264 g/mol. The second-order valence-electron chi connectivity index (χ2n) is 5.49. The van der Waals surface area contributed by atoms with Gasteiger partial charge in [0.1, 0.15) is 11.4 Å². The van der Waals surface area contributed by atoms with E-state index in [2.05, 4.69) is 25.2 Å². The van der Waals surface area contributed by atoms with Gasteiger partial charge in [0.25, 0.3) is 0 Å². The summed E-state index contributed by atoms with van der Waals surface area (Å²) in [5.74, 6) is 0.865. The van der Waals surface area contributed by atoms with Crippen molar-refractivity contribution in [3.63, 3.8) is 0 Å². The molecule has 0 aliphatic carbocycles. The molecule has 1 aliphatic heterocycles. The lowest BCUT2D eigenvalue weighted by molar-refractivity contribution is 0.137. The third-order valence-electron chi connectivity index (χ3n) is 3.05. The molecule has 0 fully saturated rings. The Morgan fingerprint density at radius 1 is 1.42 bits per heavy atom. The average Bonchev–Trinajstić information content (AvgIpc) is 2.57. The minimum atomic E-state index is -3.40. The summed E-state index contributed by atoms with van der Waals surface area (Å²) in [7, 11) is -3.40. The van der Waals surface area contributed by atoms with E-state index in [1.165, 1.54) is 5.56 Å². The van der Waals surface area contributed by atoms with Crippen molar-refractivity contribution in [2.45, 2.75) is 32.4 Å². The molecule has 1 aliphatic rings. The zero-order valence-electron chi connectivity index (χ0n) is 11.3. The van der Waals surface area contributed by atoms with Gasteiger partial charge in [-0.15, -0.1) is 0 Å². The summed E-state index contributed by atoms with van der Waals surface area (Å²) < 4.78 is 27.6. The van der Waals surface area contributed by atoms with Crippen molar-refractivity contribution in [3.8, 4) is 5.75 Å². The Labute approximate surface area is 114 Å². The van der Waals surface area contributed by atoms with Crippen LogP contribution in [0.1, 0.15) is 25.0 Å². The van der Waals surface area contributed by atoms with Crippen molar-refractivity contribution < 1.29 is 13.2 Å². The number of hydrogen-bond acceptors (Lipinski definition) is 4. The Morgan fingerprint density at radius 2 is 2.16 bits per heavy atom. The maximum Gasteiger partial charge on any atom is 0.210 e. The second kappa shape index (κ2) is 5.11. The highest BCUT2D eigenvalue weighted by molar-refractivity contribution is 7.89. The Kier molecular flexibility index (Phi) is 3.85. The molecule has 0 unspecified atom stereocenters. The van der Waals surface area contributed by atoms with E-state index in [1.54, 1.807) is 0 Å². The SMILES string of the molecule is CC1(C)Cc2cccc(CNCCS(N)(=O)=O)c2O1. The summed E-state index contributed by atoms with van der Waals surface area (Å²) >= 11 is 0. The first-order valence-electron chi connectivity index (χ1n) is 6.28. The van der Waals surface area contributed by atoms with Crippen molar-refractivity contribution in [1.29, 1.82) is 0 Å². The van der Waals surface area contributed by atoms with E-state index in [4.69, 9.17) is 9.88 Å². The van der Waals surface area contributed by atoms with Crippen LogP contribution in [0.3, 0.4) is 0 Å². The Morgan fingerprint density at radius 3 is 2.84 bits per heavy atom. The van der Waals surface area contributed by atoms with Gasteiger partial charge in [-0.2, -0.15) is 0 Å². The largest absolute Gasteiger partial charge is 0.487 e. The fourth-order valence-corrected chi connectivity index (χ4v) is 2.68. The number of hydrogen-bond donors (Lipinski definition) is 2. The first kappa shape index (κ1) is 14.3. The van der Waals surface area contributed by atoms with Gasteiger partial charge < -0.3 is 10.1 Å². The van der Waals surface area contributed by atoms with Gasteiger partial charge in [-0.05, 0) is 19.4 Å². The molecule has 0 saturated heterocycles. The first-order chi connectivity index (χ1) is 8.77. The molecule has 0 radical (unpaired) electrons. The van der Waals surface area contributed by atoms with Gasteiger partial charge in [0.2, 0.25) is 10.0 Å². The molecule has 19 heavy (non-hydrogen) atoms. The molecule has 0 atom stereocenters. The number of rotatable bonds is 5. The van der Waals surface area contributed by atoms with E-state index in [1.807, 2.05) is 12.1 Å². The van der Waals surface area contributed by atoms with E-state index in [-0.39, 0.29) is 11.4 Å². The topological polar surface area (TPSA) is 81.4 Å². The first-order valence-corrected chi connectivity index (χ1v) is 7.99. The molecule has 106 valence electrons. The molecule has 0 bridgehead atoms. The van der Waals surface area contributed by atoms with Crippen molar-refractivity contribution >= 4 is 10.0 Å². The van der Waals surface area contributed by atoms with E-state index in [9.17, 15) is 8.42 Å². The Hall–Kier alpha value is -1.11. The van der Waals surface area contributed by atoms with Crippen LogP contribution in [0, 0.1) is 0 Å². The fourth-order valence-electron chi connectivity index (χ4n) is 2.26. The molecule has 0 aromatic heterocycles. The molecule has 0 spiro atoms. The van der Waals surface area contributed by atoms with Gasteiger partial charge in [-0.25, -0.2) is 13.6 Å². The quantitative estimate of drug-likeness (QED) is 0.783. The Bertz CT molecular complexity index is 567. The Balaban J connectivity index is 1.98. The lowest BCUT2D eigenvalue weighted by Gasteiger charge is -2.18. The molecular formula is C13H20N2O3S. The molecule has 3 N–H and O–H groups in total. The number of nitrogens with one attached hydrogen (secondary N) is 1. The maximum absolute atomic E-state index is 10.8. The second-order valence-corrected chi connectivity index (χ2v) is 7.22. The number of para-hydroxylation sites is 1. The lowest BCUT2D eigenvalue weighted by atomic mass is 10.0. The van der Waals surface area contributed by atoms with Crippen LogP contribution < -0.4 is 15.2 Å². The fraction of sp³-hybridized carbons (Fsp3) is 0.538. The molecule has 5 nitrogen and oxygen atoms in total. The van der Waals surface area contributed by atoms with Crippen molar-refractivity contribution in [3.05, 3.63) is 29.3 Å². The van der Waals surface area contributed by atoms with Crippen LogP contribution in [0.5, 0.6) is 5.75 Å². The molecule has 0 amide bonds. The van der Waals surface area contributed by atoms with E-state index in [0.717, 1.165) is 17.7 Å². The number of nitrogens with two attached hydrogens (primary N) is 1. The summed E-state index contributed by atoms with van der Waals surface area (Å²) in [6.07, 6.45) is 0.896. The minimum absolute atomic E-state index is 0.0611. The average molecular weight is 284 g/mol. The molecule has 1 aromatic rings. The summed E-state index contributed by atoms with van der Waals surface area (Å²) in [6, 6.07) is 6.06. The third kappa shape index (κ3) is 3.92. The van der Waals surface area contributed by atoms with Gasteiger partial charge in [0.05, 0.1) is 5.75 Å². The monoisotopic (exact) mass is 284 g/mol. The van der Waals surface area contributed by atoms with Gasteiger partial charge in [-0.3, -0.25) is 0 Å². The molecule has 1 aromatic carbocycles. The van der Waals surface area contributed by atoms with Crippen LogP contribution in [0.4, 0.5) is 0 Å². The van der Waals surface area contributed by atoms with Crippen LogP contribution in [0.15, 0.2) is 18.2 Å². The van der Waals surface area contributed by atoms with E-state index in [0.29, 0.717) is 13.1 Å². The highest BCUT2D eigenvalue weighted by Crippen LogP contribution is 2.37. The van der Waals surface area contributed by atoms with Gasteiger partial charge in [-0.1, -0.05) is 18.2 Å². The van der Waals surface area contributed by atoms with Crippen LogP contribution in [-0.4, -0.2) is 26.3 Å². The molecule has 2 rings (SSSR count). The zero-order valence-corrected chi connectivity index (χ0v) is 12.1. The summed E-state index contributed by atoms with van der Waals surface area (Å²) in [5, 5.41) is 8.02. The van der Waals surface area contributed by atoms with E-state index < -0.39 is 10.0 Å². The molecule has 6 heteroatoms. The highest BCUT2D eigenvalue weighted by Gasteiger charge is 2.31. The van der Waals surface area contributed by atoms with Crippen LogP contribution in [-0.2, 0) is 23.0 Å². The number of fused-ring (bicyclic) bond motifs is 1. The molecule has 0 saturated carbocycles. The van der Waals surface area contributed by atoms with Gasteiger partial charge in [0.15, 0.2) is 0 Å². The number of ether oxygens (including phenoxy) is 1. The highest BCUT2D eigenvalue weighted by atomic mass is 32.2. The smallest absolute Gasteiger partial charge is 0.210 e. The van der Waals surface area contributed by atoms with Crippen molar-refractivity contribution in [1.82, 2.24) is 5.32 Å². The summed E-state index contributed by atoms with van der Waals surface area (Å²) in [5.41, 5.74) is 2.09. The third-order valence-corrected chi connectivity index (χ3v) is 3.82. The van der Waals surface area contributed by atoms with Crippen LogP contribution >= 0.6 is 0 Å². The van der Waals surface area contributed by atoms with Gasteiger partial charge >= 0.3 is 0 Å². The predicted octanol–water partition coefficient (Wildman–Crippen LogP) is 0.778. The normalized spacial score (nSPS) is 17.0. The minimum Gasteiger partial charge on any atom is -0.487 e. The number of sulfonamides is 1. The van der Waals surface area contributed by atoms with Crippen LogP contribution in [0.25, 0.3) is 0 Å². The van der Waals surface area contributed by atoms with E-state index >= 15 is 0 Å². The lowest BCUT2D eigenvalue weighted by Crippen LogP contribution is -2.27.